The molecule has 100 valence electrons. The van der Waals surface area contributed by atoms with Gasteiger partial charge in [0.2, 0.25) is 0 Å². The molecular formula is C16H15N3O. The molecule has 0 saturated heterocycles. The van der Waals surface area contributed by atoms with Gasteiger partial charge in [-0.25, -0.2) is 0 Å². The van der Waals surface area contributed by atoms with Gasteiger partial charge >= 0.3 is 0 Å². The number of amides is 1. The van der Waals surface area contributed by atoms with Crippen molar-refractivity contribution in [2.75, 3.05) is 5.32 Å². The summed E-state index contributed by atoms with van der Waals surface area (Å²) in [5.41, 5.74) is 4.57. The number of nitrogens with zero attached hydrogens (tertiary/aromatic N) is 1. The molecule has 1 heterocycles. The van der Waals surface area contributed by atoms with Crippen LogP contribution in [-0.4, -0.2) is 16.1 Å². The molecule has 1 aromatic heterocycles. The Kier molecular flexibility index (Phi) is 2.99. The molecule has 0 radical (unpaired) electrons. The fraction of sp³-hybridized carbons (Fsp3) is 0.125. The normalized spacial score (nSPS) is 10.7. The zero-order valence-electron chi connectivity index (χ0n) is 11.4. The maximum Gasteiger partial charge on any atom is 0.255 e. The first-order valence-corrected chi connectivity index (χ1v) is 6.46. The van der Waals surface area contributed by atoms with E-state index in [0.29, 0.717) is 5.56 Å². The van der Waals surface area contributed by atoms with Crippen molar-refractivity contribution < 1.29 is 4.79 Å². The van der Waals surface area contributed by atoms with E-state index in [0.717, 1.165) is 27.7 Å². The van der Waals surface area contributed by atoms with Crippen molar-refractivity contribution in [2.45, 2.75) is 13.8 Å². The smallest absolute Gasteiger partial charge is 0.255 e. The fourth-order valence-electron chi connectivity index (χ4n) is 2.16. The lowest BCUT2D eigenvalue weighted by Crippen LogP contribution is -2.12. The molecule has 4 nitrogen and oxygen atoms in total. The number of rotatable bonds is 2. The zero-order chi connectivity index (χ0) is 14.1. The van der Waals surface area contributed by atoms with Crippen molar-refractivity contribution in [1.82, 2.24) is 10.2 Å². The van der Waals surface area contributed by atoms with Gasteiger partial charge < -0.3 is 5.32 Å². The van der Waals surface area contributed by atoms with E-state index in [-0.39, 0.29) is 5.91 Å². The Morgan fingerprint density at radius 2 is 2.05 bits per heavy atom. The first-order valence-electron chi connectivity index (χ1n) is 6.46. The van der Waals surface area contributed by atoms with Crippen molar-refractivity contribution >= 4 is 22.5 Å². The molecule has 2 N–H and O–H groups in total. The SMILES string of the molecule is Cc1cccc(NC(=O)c2ccc3cn[nH]c3c2)c1C. The number of benzene rings is 2. The third-order valence-corrected chi connectivity index (χ3v) is 3.56. The second kappa shape index (κ2) is 4.81. The summed E-state index contributed by atoms with van der Waals surface area (Å²) in [6, 6.07) is 11.4. The van der Waals surface area contributed by atoms with E-state index in [1.165, 1.54) is 0 Å². The molecule has 2 aromatic carbocycles. The van der Waals surface area contributed by atoms with E-state index < -0.39 is 0 Å². The minimum Gasteiger partial charge on any atom is -0.322 e. The molecule has 3 aromatic rings. The molecule has 20 heavy (non-hydrogen) atoms. The molecule has 0 unspecified atom stereocenters. The number of aromatic nitrogens is 2. The molecule has 0 bridgehead atoms. The van der Waals surface area contributed by atoms with Crippen LogP contribution >= 0.6 is 0 Å². The van der Waals surface area contributed by atoms with Crippen molar-refractivity contribution in [2.24, 2.45) is 0 Å². The number of aromatic amines is 1. The zero-order valence-corrected chi connectivity index (χ0v) is 11.4. The predicted molar refractivity (Wildman–Crippen MR) is 80.0 cm³/mol. The van der Waals surface area contributed by atoms with Crippen molar-refractivity contribution in [3.8, 4) is 0 Å². The summed E-state index contributed by atoms with van der Waals surface area (Å²) in [5, 5.41) is 10.8. The molecule has 4 heteroatoms. The van der Waals surface area contributed by atoms with Gasteiger partial charge in [-0.05, 0) is 43.2 Å². The second-order valence-corrected chi connectivity index (χ2v) is 4.87. The largest absolute Gasteiger partial charge is 0.322 e. The summed E-state index contributed by atoms with van der Waals surface area (Å²) >= 11 is 0. The summed E-state index contributed by atoms with van der Waals surface area (Å²) in [4.78, 5) is 12.3. The Labute approximate surface area is 116 Å². The van der Waals surface area contributed by atoms with Gasteiger partial charge in [-0.1, -0.05) is 18.2 Å². The molecule has 0 aliphatic carbocycles. The van der Waals surface area contributed by atoms with E-state index in [1.807, 2.05) is 44.2 Å². The van der Waals surface area contributed by atoms with Gasteiger partial charge in [0, 0.05) is 16.6 Å². The van der Waals surface area contributed by atoms with Crippen LogP contribution in [0.2, 0.25) is 0 Å². The molecule has 0 aliphatic rings. The summed E-state index contributed by atoms with van der Waals surface area (Å²) in [6.45, 7) is 4.03. The molecule has 0 atom stereocenters. The van der Waals surface area contributed by atoms with Gasteiger partial charge in [0.1, 0.15) is 0 Å². The van der Waals surface area contributed by atoms with Crippen molar-refractivity contribution in [3.05, 3.63) is 59.3 Å². The Morgan fingerprint density at radius 3 is 2.90 bits per heavy atom. The standard InChI is InChI=1S/C16H15N3O/c1-10-4-3-5-14(11(10)2)18-16(20)12-6-7-13-9-17-19-15(13)8-12/h3-9H,1-2H3,(H,17,19)(H,18,20). The Morgan fingerprint density at radius 1 is 1.20 bits per heavy atom. The van der Waals surface area contributed by atoms with Crippen molar-refractivity contribution in [3.63, 3.8) is 0 Å². The molecule has 1 amide bonds. The van der Waals surface area contributed by atoms with Crippen LogP contribution in [0.1, 0.15) is 21.5 Å². The lowest BCUT2D eigenvalue weighted by molar-refractivity contribution is 0.102. The van der Waals surface area contributed by atoms with Gasteiger partial charge in [-0.15, -0.1) is 0 Å². The highest BCUT2D eigenvalue weighted by Gasteiger charge is 2.09. The number of carbonyl (C=O) groups is 1. The van der Waals surface area contributed by atoms with Crippen LogP contribution in [0.25, 0.3) is 10.9 Å². The van der Waals surface area contributed by atoms with Crippen LogP contribution in [0.5, 0.6) is 0 Å². The summed E-state index contributed by atoms with van der Waals surface area (Å²) in [7, 11) is 0. The third-order valence-electron chi connectivity index (χ3n) is 3.56. The number of nitrogens with one attached hydrogen (secondary N) is 2. The van der Waals surface area contributed by atoms with Crippen LogP contribution in [0.15, 0.2) is 42.6 Å². The fourth-order valence-corrected chi connectivity index (χ4v) is 2.16. The summed E-state index contributed by atoms with van der Waals surface area (Å²) in [5.74, 6) is -0.116. The van der Waals surface area contributed by atoms with Crippen LogP contribution in [0.3, 0.4) is 0 Å². The van der Waals surface area contributed by atoms with Gasteiger partial charge in [-0.2, -0.15) is 5.10 Å². The van der Waals surface area contributed by atoms with E-state index in [2.05, 4.69) is 15.5 Å². The number of hydrogen-bond acceptors (Lipinski definition) is 2. The van der Waals surface area contributed by atoms with Crippen molar-refractivity contribution in [1.29, 1.82) is 0 Å². The first-order chi connectivity index (χ1) is 9.65. The Balaban J connectivity index is 1.90. The highest BCUT2D eigenvalue weighted by molar-refractivity contribution is 6.06. The molecule has 3 rings (SSSR count). The topological polar surface area (TPSA) is 57.8 Å². The van der Waals surface area contributed by atoms with E-state index in [9.17, 15) is 4.79 Å². The third kappa shape index (κ3) is 2.16. The lowest BCUT2D eigenvalue weighted by atomic mass is 10.1. The number of H-pyrrole nitrogens is 1. The lowest BCUT2D eigenvalue weighted by Gasteiger charge is -2.10. The number of aryl methyl sites for hydroxylation is 1. The Hall–Kier alpha value is -2.62. The van der Waals surface area contributed by atoms with E-state index in [4.69, 9.17) is 0 Å². The minimum atomic E-state index is -0.116. The van der Waals surface area contributed by atoms with Crippen LogP contribution in [-0.2, 0) is 0 Å². The average Bonchev–Trinajstić information content (AvgIpc) is 2.91. The first kappa shape index (κ1) is 12.4. The highest BCUT2D eigenvalue weighted by Crippen LogP contribution is 2.20. The van der Waals surface area contributed by atoms with Gasteiger partial charge in [-0.3, -0.25) is 9.89 Å². The van der Waals surface area contributed by atoms with Gasteiger partial charge in [0.05, 0.1) is 11.7 Å². The van der Waals surface area contributed by atoms with E-state index >= 15 is 0 Å². The summed E-state index contributed by atoms with van der Waals surface area (Å²) in [6.07, 6.45) is 1.74. The number of fused-ring (bicyclic) bond motifs is 1. The van der Waals surface area contributed by atoms with Crippen LogP contribution in [0.4, 0.5) is 5.69 Å². The molecule has 0 saturated carbocycles. The van der Waals surface area contributed by atoms with Crippen LogP contribution in [0, 0.1) is 13.8 Å². The van der Waals surface area contributed by atoms with Gasteiger partial charge in [0.15, 0.2) is 0 Å². The molecule has 0 fully saturated rings. The monoisotopic (exact) mass is 265 g/mol. The Bertz CT molecular complexity index is 789. The second-order valence-electron chi connectivity index (χ2n) is 4.87. The summed E-state index contributed by atoms with van der Waals surface area (Å²) < 4.78 is 0. The predicted octanol–water partition coefficient (Wildman–Crippen LogP) is 3.43. The maximum absolute atomic E-state index is 12.3. The number of hydrogen-bond donors (Lipinski definition) is 2. The number of anilines is 1. The van der Waals surface area contributed by atoms with E-state index in [1.54, 1.807) is 12.3 Å². The average molecular weight is 265 g/mol. The molecular weight excluding hydrogens is 250 g/mol. The molecule has 0 aliphatic heterocycles. The molecule has 0 spiro atoms. The minimum absolute atomic E-state index is 0.116. The van der Waals surface area contributed by atoms with Crippen LogP contribution < -0.4 is 5.32 Å². The number of carbonyl (C=O) groups excluding carboxylic acids is 1. The highest BCUT2D eigenvalue weighted by atomic mass is 16.1. The maximum atomic E-state index is 12.3. The van der Waals surface area contributed by atoms with Gasteiger partial charge in [0.25, 0.3) is 5.91 Å². The quantitative estimate of drug-likeness (QED) is 0.745.